The quantitative estimate of drug-likeness (QED) is 0.563. The Hall–Kier alpha value is -2.41. The highest BCUT2D eigenvalue weighted by Gasteiger charge is 2.43. The molecule has 5 nitrogen and oxygen atoms in total. The van der Waals surface area contributed by atoms with E-state index in [1.165, 1.54) is 29.8 Å². The van der Waals surface area contributed by atoms with Crippen LogP contribution in [0.1, 0.15) is 40.9 Å². The van der Waals surface area contributed by atoms with Crippen molar-refractivity contribution in [3.8, 4) is 0 Å². The zero-order valence-electron chi connectivity index (χ0n) is 18.1. The van der Waals surface area contributed by atoms with Gasteiger partial charge in [-0.2, -0.15) is 0 Å². The van der Waals surface area contributed by atoms with Gasteiger partial charge in [-0.05, 0) is 74.3 Å². The van der Waals surface area contributed by atoms with Gasteiger partial charge in [0, 0.05) is 46.2 Å². The molecular formula is C25H27ClFN3O2. The lowest BCUT2D eigenvalue weighted by atomic mass is 9.77. The molecule has 2 N–H and O–H groups in total. The van der Waals surface area contributed by atoms with E-state index in [2.05, 4.69) is 21.8 Å². The smallest absolute Gasteiger partial charge is 0.253 e. The summed E-state index contributed by atoms with van der Waals surface area (Å²) >= 11 is 6.31. The summed E-state index contributed by atoms with van der Waals surface area (Å²) in [4.78, 5) is 15.2. The molecule has 0 bridgehead atoms. The molecule has 32 heavy (non-hydrogen) atoms. The highest BCUT2D eigenvalue weighted by atomic mass is 35.5. The molecule has 1 aromatic heterocycles. The highest BCUT2D eigenvalue weighted by Crippen LogP contribution is 2.39. The van der Waals surface area contributed by atoms with Crippen molar-refractivity contribution in [1.29, 1.82) is 0 Å². The molecule has 168 valence electrons. The van der Waals surface area contributed by atoms with Crippen molar-refractivity contribution in [3.05, 3.63) is 70.1 Å². The number of likely N-dealkylation sites (N-methyl/N-ethyl adjacent to an activating group) is 1. The predicted molar refractivity (Wildman–Crippen MR) is 123 cm³/mol. The maximum atomic E-state index is 13.3. The van der Waals surface area contributed by atoms with Gasteiger partial charge in [0.2, 0.25) is 0 Å². The predicted octanol–water partition coefficient (Wildman–Crippen LogP) is 4.34. The van der Waals surface area contributed by atoms with Crippen molar-refractivity contribution in [2.75, 3.05) is 13.6 Å². The number of aliphatic hydroxyl groups is 1. The minimum Gasteiger partial charge on any atom is -0.369 e. The summed E-state index contributed by atoms with van der Waals surface area (Å²) in [5.74, 6) is -0.831. The summed E-state index contributed by atoms with van der Waals surface area (Å²) in [7, 11) is 2.09. The van der Waals surface area contributed by atoms with Gasteiger partial charge in [-0.25, -0.2) is 4.39 Å². The number of benzene rings is 2. The highest BCUT2D eigenvalue weighted by molar-refractivity contribution is 6.31. The van der Waals surface area contributed by atoms with Crippen LogP contribution >= 0.6 is 11.6 Å². The van der Waals surface area contributed by atoms with Gasteiger partial charge >= 0.3 is 0 Å². The lowest BCUT2D eigenvalue weighted by molar-refractivity contribution is -0.0823. The summed E-state index contributed by atoms with van der Waals surface area (Å²) < 4.78 is 15.5. The molecule has 1 aliphatic carbocycles. The maximum absolute atomic E-state index is 13.3. The normalized spacial score (nSPS) is 18.8. The first-order chi connectivity index (χ1) is 15.3. The van der Waals surface area contributed by atoms with Crippen LogP contribution in [-0.2, 0) is 19.5 Å². The fourth-order valence-corrected chi connectivity index (χ4v) is 5.17. The second kappa shape index (κ2) is 8.18. The number of carbonyl (C=O) groups excluding carboxylic acids is 1. The third-order valence-electron chi connectivity index (χ3n) is 7.03. The van der Waals surface area contributed by atoms with Crippen molar-refractivity contribution in [2.45, 2.75) is 44.5 Å². The molecule has 2 aromatic carbocycles. The molecule has 0 saturated heterocycles. The summed E-state index contributed by atoms with van der Waals surface area (Å²) in [5.41, 5.74) is 2.36. The van der Waals surface area contributed by atoms with E-state index in [-0.39, 0.29) is 12.5 Å². The van der Waals surface area contributed by atoms with Crippen molar-refractivity contribution in [1.82, 2.24) is 14.8 Å². The minimum atomic E-state index is -1.40. The molecule has 1 amide bonds. The Balaban J connectivity index is 1.54. The standard InChI is InChI=1S/C25H27ClFN3O2/c1-29-12-11-20-21-13-18(26)7-10-22(21)30(23(20)14-29)15-25(32,17-3-2-4-17)28-24(31)16-5-8-19(27)9-6-16/h5-10,13,17,32H,2-4,11-12,14-15H2,1H3,(H,28,31). The lowest BCUT2D eigenvalue weighted by Gasteiger charge is -2.42. The monoisotopic (exact) mass is 455 g/mol. The number of hydrogen-bond acceptors (Lipinski definition) is 3. The number of hydrogen-bond donors (Lipinski definition) is 2. The zero-order valence-corrected chi connectivity index (χ0v) is 18.8. The number of nitrogens with zero attached hydrogens (tertiary/aromatic N) is 2. The van der Waals surface area contributed by atoms with E-state index in [1.54, 1.807) is 0 Å². The summed E-state index contributed by atoms with van der Waals surface area (Å²) in [5, 5.41) is 16.5. The Morgan fingerprint density at radius 3 is 2.69 bits per heavy atom. The molecule has 1 atom stereocenters. The second-order valence-corrected chi connectivity index (χ2v) is 9.61. The van der Waals surface area contributed by atoms with Crippen molar-refractivity contribution in [3.63, 3.8) is 0 Å². The first kappa shape index (κ1) is 21.4. The van der Waals surface area contributed by atoms with Crippen LogP contribution in [0.3, 0.4) is 0 Å². The minimum absolute atomic E-state index is 0.0337. The van der Waals surface area contributed by atoms with Gasteiger partial charge in [0.05, 0.1) is 6.54 Å². The third kappa shape index (κ3) is 3.81. The van der Waals surface area contributed by atoms with E-state index in [0.29, 0.717) is 10.6 Å². The van der Waals surface area contributed by atoms with Crippen molar-refractivity contribution in [2.24, 2.45) is 5.92 Å². The molecule has 1 fully saturated rings. The SMILES string of the molecule is CN1CCc2c(n(CC(O)(NC(=O)c3ccc(F)cc3)C3CCC3)c3ccc(Cl)cc23)C1. The number of fused-ring (bicyclic) bond motifs is 3. The molecule has 3 aromatic rings. The number of halogens is 2. The van der Waals surface area contributed by atoms with Gasteiger partial charge in [-0.1, -0.05) is 18.0 Å². The number of nitrogens with one attached hydrogen (secondary N) is 1. The van der Waals surface area contributed by atoms with E-state index >= 15 is 0 Å². The van der Waals surface area contributed by atoms with E-state index in [9.17, 15) is 14.3 Å². The van der Waals surface area contributed by atoms with Crippen LogP contribution in [0.5, 0.6) is 0 Å². The zero-order chi connectivity index (χ0) is 22.5. The lowest BCUT2D eigenvalue weighted by Crippen LogP contribution is -2.58. The molecular weight excluding hydrogens is 429 g/mol. The maximum Gasteiger partial charge on any atom is 0.253 e. The summed E-state index contributed by atoms with van der Waals surface area (Å²) in [6.45, 7) is 1.99. The van der Waals surface area contributed by atoms with Crippen LogP contribution in [0.25, 0.3) is 10.9 Å². The summed E-state index contributed by atoms with van der Waals surface area (Å²) in [6, 6.07) is 11.3. The number of rotatable bonds is 5. The van der Waals surface area contributed by atoms with E-state index in [0.717, 1.165) is 55.4 Å². The number of carbonyl (C=O) groups is 1. The van der Waals surface area contributed by atoms with Crippen LogP contribution in [0.4, 0.5) is 4.39 Å². The third-order valence-corrected chi connectivity index (χ3v) is 7.26. The molecule has 5 rings (SSSR count). The molecule has 1 saturated carbocycles. The van der Waals surface area contributed by atoms with Crippen LogP contribution < -0.4 is 5.32 Å². The first-order valence-corrected chi connectivity index (χ1v) is 11.5. The average Bonchev–Trinajstić information content (AvgIpc) is 2.98. The van der Waals surface area contributed by atoms with Crippen LogP contribution in [0.15, 0.2) is 42.5 Å². The van der Waals surface area contributed by atoms with Gasteiger partial charge in [0.1, 0.15) is 5.82 Å². The van der Waals surface area contributed by atoms with Gasteiger partial charge < -0.3 is 19.9 Å². The van der Waals surface area contributed by atoms with Gasteiger partial charge in [0.15, 0.2) is 5.72 Å². The molecule has 1 aliphatic heterocycles. The van der Waals surface area contributed by atoms with Crippen molar-refractivity contribution < 1.29 is 14.3 Å². The van der Waals surface area contributed by atoms with Gasteiger partial charge in [-0.3, -0.25) is 4.79 Å². The second-order valence-electron chi connectivity index (χ2n) is 9.17. The van der Waals surface area contributed by atoms with E-state index in [1.807, 2.05) is 18.2 Å². The van der Waals surface area contributed by atoms with Crippen molar-refractivity contribution >= 4 is 28.4 Å². The first-order valence-electron chi connectivity index (χ1n) is 11.1. The topological polar surface area (TPSA) is 57.5 Å². The fraction of sp³-hybridized carbons (Fsp3) is 0.400. The molecule has 7 heteroatoms. The Bertz CT molecular complexity index is 1170. The van der Waals surface area contributed by atoms with E-state index < -0.39 is 17.4 Å². The molecule has 0 radical (unpaired) electrons. The Labute approximate surface area is 191 Å². The average molecular weight is 456 g/mol. The molecule has 0 spiro atoms. The fourth-order valence-electron chi connectivity index (χ4n) is 4.99. The summed E-state index contributed by atoms with van der Waals surface area (Å²) in [6.07, 6.45) is 3.66. The molecule has 2 heterocycles. The number of aromatic nitrogens is 1. The Morgan fingerprint density at radius 1 is 1.25 bits per heavy atom. The molecule has 2 aliphatic rings. The van der Waals surface area contributed by atoms with Gasteiger partial charge in [-0.15, -0.1) is 0 Å². The van der Waals surface area contributed by atoms with Gasteiger partial charge in [0.25, 0.3) is 5.91 Å². The Kier molecular flexibility index (Phi) is 5.48. The van der Waals surface area contributed by atoms with Crippen LogP contribution in [0.2, 0.25) is 5.02 Å². The Morgan fingerprint density at radius 2 is 2.00 bits per heavy atom. The van der Waals surface area contributed by atoms with E-state index in [4.69, 9.17) is 11.6 Å². The van der Waals surface area contributed by atoms with Crippen LogP contribution in [0, 0.1) is 11.7 Å². The largest absolute Gasteiger partial charge is 0.369 e. The van der Waals surface area contributed by atoms with Crippen LogP contribution in [-0.4, -0.2) is 39.8 Å². The molecule has 1 unspecified atom stereocenters. The number of amides is 1.